The van der Waals surface area contributed by atoms with Gasteiger partial charge in [0.05, 0.1) is 13.2 Å². The summed E-state index contributed by atoms with van der Waals surface area (Å²) in [6.07, 6.45) is 3.63. The second kappa shape index (κ2) is 9.66. The number of anilines is 2. The van der Waals surface area contributed by atoms with Crippen molar-refractivity contribution in [1.29, 1.82) is 0 Å². The molecule has 0 bridgehead atoms. The number of fused-ring (bicyclic) bond motifs is 1. The Balaban J connectivity index is 1.40. The lowest BCUT2D eigenvalue weighted by atomic mass is 10.1. The zero-order valence-electron chi connectivity index (χ0n) is 20.3. The van der Waals surface area contributed by atoms with Crippen LogP contribution in [0.2, 0.25) is 0 Å². The van der Waals surface area contributed by atoms with Crippen LogP contribution >= 0.6 is 0 Å². The molecule has 1 fully saturated rings. The fourth-order valence-electron chi connectivity index (χ4n) is 4.61. The van der Waals surface area contributed by atoms with Crippen LogP contribution in [0.1, 0.15) is 18.9 Å². The molecular formula is C27H30N6O2. The van der Waals surface area contributed by atoms with Gasteiger partial charge < -0.3 is 19.9 Å². The number of likely N-dealkylation sites (tertiary alicyclic amines) is 1. The Kier molecular flexibility index (Phi) is 6.27. The number of hydrogen-bond acceptors (Lipinski definition) is 5. The quantitative estimate of drug-likeness (QED) is 0.442. The summed E-state index contributed by atoms with van der Waals surface area (Å²) in [5, 5.41) is 9.05. The molecule has 1 aliphatic heterocycles. The van der Waals surface area contributed by atoms with Gasteiger partial charge in [-0.3, -0.25) is 0 Å². The van der Waals surface area contributed by atoms with E-state index in [2.05, 4.69) is 10.3 Å². The summed E-state index contributed by atoms with van der Waals surface area (Å²) in [7, 11) is 5.63. The molecule has 180 valence electrons. The number of nitrogens with zero attached hydrogens (tertiary/aromatic N) is 5. The van der Waals surface area contributed by atoms with Gasteiger partial charge in [0.15, 0.2) is 5.65 Å². The normalized spacial score (nSPS) is 15.7. The number of urea groups is 1. The Morgan fingerprint density at radius 1 is 1.11 bits per heavy atom. The van der Waals surface area contributed by atoms with Crippen molar-refractivity contribution in [3.63, 3.8) is 0 Å². The van der Waals surface area contributed by atoms with Gasteiger partial charge >= 0.3 is 6.03 Å². The Morgan fingerprint density at radius 2 is 1.97 bits per heavy atom. The molecule has 0 aliphatic carbocycles. The summed E-state index contributed by atoms with van der Waals surface area (Å²) < 4.78 is 7.41. The van der Waals surface area contributed by atoms with Crippen LogP contribution in [-0.4, -0.2) is 60.0 Å². The number of piperidine rings is 1. The van der Waals surface area contributed by atoms with E-state index < -0.39 is 0 Å². The summed E-state index contributed by atoms with van der Waals surface area (Å²) >= 11 is 0. The minimum Gasteiger partial charge on any atom is -0.497 e. The number of aromatic nitrogens is 3. The molecule has 1 atom stereocenters. The topological polar surface area (TPSA) is 75.5 Å². The average Bonchev–Trinajstić information content (AvgIpc) is 3.29. The van der Waals surface area contributed by atoms with Gasteiger partial charge in [0.2, 0.25) is 0 Å². The Morgan fingerprint density at radius 3 is 2.80 bits per heavy atom. The molecule has 1 unspecified atom stereocenters. The lowest BCUT2D eigenvalue weighted by molar-refractivity contribution is 0.176. The zero-order valence-corrected chi connectivity index (χ0v) is 20.3. The predicted octanol–water partition coefficient (Wildman–Crippen LogP) is 5.04. The zero-order chi connectivity index (χ0) is 24.4. The first-order valence-electron chi connectivity index (χ1n) is 11.8. The number of amides is 2. The number of carbonyl (C=O) groups excluding carboxylic acids is 1. The molecule has 5 rings (SSSR count). The molecule has 0 saturated carbocycles. The average molecular weight is 471 g/mol. The number of rotatable bonds is 5. The van der Waals surface area contributed by atoms with Crippen LogP contribution in [-0.2, 0) is 0 Å². The first-order valence-corrected chi connectivity index (χ1v) is 11.8. The number of nitrogens with one attached hydrogen (secondary N) is 1. The standard InChI is InChI=1S/C27H30N6O2/c1-31(2)21-10-5-9-20(17-21)29-27(34)32-15-7-11-22(18-32)33-26-24(13-6-14-28-26)25(30-33)19-8-4-12-23(16-19)35-3/h4-6,8-10,12-14,16-17,22H,7,11,15,18H2,1-3H3,(H,29,34). The van der Waals surface area contributed by atoms with Crippen molar-refractivity contribution in [3.05, 3.63) is 66.9 Å². The molecule has 35 heavy (non-hydrogen) atoms. The third-order valence-electron chi connectivity index (χ3n) is 6.45. The van der Waals surface area contributed by atoms with Gasteiger partial charge in [0, 0.05) is 55.7 Å². The molecule has 2 aromatic heterocycles. The van der Waals surface area contributed by atoms with E-state index in [-0.39, 0.29) is 12.1 Å². The summed E-state index contributed by atoms with van der Waals surface area (Å²) in [5.41, 5.74) is 4.51. The number of benzene rings is 2. The van der Waals surface area contributed by atoms with E-state index in [0.717, 1.165) is 52.3 Å². The van der Waals surface area contributed by atoms with Crippen molar-refractivity contribution in [2.75, 3.05) is 44.5 Å². The summed E-state index contributed by atoms with van der Waals surface area (Å²) in [4.78, 5) is 21.7. The minimum atomic E-state index is -0.0944. The second-order valence-electron chi connectivity index (χ2n) is 9.02. The highest BCUT2D eigenvalue weighted by Crippen LogP contribution is 2.33. The second-order valence-corrected chi connectivity index (χ2v) is 9.02. The van der Waals surface area contributed by atoms with Gasteiger partial charge in [-0.2, -0.15) is 5.10 Å². The van der Waals surface area contributed by atoms with Crippen molar-refractivity contribution < 1.29 is 9.53 Å². The van der Waals surface area contributed by atoms with Crippen LogP contribution in [0.3, 0.4) is 0 Å². The van der Waals surface area contributed by atoms with Gasteiger partial charge in [-0.15, -0.1) is 0 Å². The molecule has 2 amide bonds. The highest BCUT2D eigenvalue weighted by Gasteiger charge is 2.28. The van der Waals surface area contributed by atoms with Crippen LogP contribution in [0.4, 0.5) is 16.2 Å². The summed E-state index contributed by atoms with van der Waals surface area (Å²) in [6.45, 7) is 1.29. The summed E-state index contributed by atoms with van der Waals surface area (Å²) in [6, 6.07) is 19.7. The monoisotopic (exact) mass is 470 g/mol. The lowest BCUT2D eigenvalue weighted by Crippen LogP contribution is -2.43. The highest BCUT2D eigenvalue weighted by molar-refractivity contribution is 5.92. The lowest BCUT2D eigenvalue weighted by Gasteiger charge is -2.33. The number of hydrogen-bond donors (Lipinski definition) is 1. The number of carbonyl (C=O) groups is 1. The molecule has 4 aromatic rings. The van der Waals surface area contributed by atoms with Crippen molar-refractivity contribution in [1.82, 2.24) is 19.7 Å². The van der Waals surface area contributed by atoms with E-state index in [9.17, 15) is 4.79 Å². The number of methoxy groups -OCH3 is 1. The minimum absolute atomic E-state index is 0.0411. The summed E-state index contributed by atoms with van der Waals surface area (Å²) in [5.74, 6) is 0.785. The van der Waals surface area contributed by atoms with E-state index >= 15 is 0 Å². The molecule has 1 aliphatic rings. The molecule has 3 heterocycles. The van der Waals surface area contributed by atoms with E-state index in [0.29, 0.717) is 13.1 Å². The van der Waals surface area contributed by atoms with Gasteiger partial charge in [-0.1, -0.05) is 18.2 Å². The van der Waals surface area contributed by atoms with Crippen LogP contribution in [0.5, 0.6) is 5.75 Å². The predicted molar refractivity (Wildman–Crippen MR) is 139 cm³/mol. The van der Waals surface area contributed by atoms with E-state index in [1.807, 2.05) is 89.2 Å². The molecule has 8 heteroatoms. The SMILES string of the molecule is COc1cccc(-c2nn(C3CCCN(C(=O)Nc4cccc(N(C)C)c4)C3)c3ncccc23)c1. The maximum atomic E-state index is 13.1. The van der Waals surface area contributed by atoms with Gasteiger partial charge in [0.1, 0.15) is 11.4 Å². The Labute approximate surface area is 205 Å². The highest BCUT2D eigenvalue weighted by atomic mass is 16.5. The molecule has 1 N–H and O–H groups in total. The van der Waals surface area contributed by atoms with Crippen LogP contribution in [0.15, 0.2) is 66.9 Å². The van der Waals surface area contributed by atoms with Crippen molar-refractivity contribution in [2.45, 2.75) is 18.9 Å². The first-order chi connectivity index (χ1) is 17.0. The van der Waals surface area contributed by atoms with E-state index in [4.69, 9.17) is 9.84 Å². The third kappa shape index (κ3) is 4.64. The van der Waals surface area contributed by atoms with Crippen LogP contribution in [0.25, 0.3) is 22.3 Å². The Hall–Kier alpha value is -4.07. The molecule has 0 radical (unpaired) electrons. The van der Waals surface area contributed by atoms with Crippen molar-refractivity contribution >= 4 is 28.4 Å². The fraction of sp³-hybridized carbons (Fsp3) is 0.296. The third-order valence-corrected chi connectivity index (χ3v) is 6.45. The largest absolute Gasteiger partial charge is 0.497 e. The smallest absolute Gasteiger partial charge is 0.321 e. The van der Waals surface area contributed by atoms with Gasteiger partial charge in [-0.05, 0) is 55.3 Å². The molecule has 0 spiro atoms. The Bertz CT molecular complexity index is 1350. The molecular weight excluding hydrogens is 440 g/mol. The molecule has 1 saturated heterocycles. The molecule has 8 nitrogen and oxygen atoms in total. The fourth-order valence-corrected chi connectivity index (χ4v) is 4.61. The molecule has 2 aromatic carbocycles. The van der Waals surface area contributed by atoms with Gasteiger partial charge in [-0.25, -0.2) is 14.5 Å². The number of ether oxygens (including phenoxy) is 1. The first kappa shape index (κ1) is 22.7. The van der Waals surface area contributed by atoms with Crippen LogP contribution < -0.4 is 15.0 Å². The van der Waals surface area contributed by atoms with E-state index in [1.54, 1.807) is 13.3 Å². The van der Waals surface area contributed by atoms with Crippen LogP contribution in [0, 0.1) is 0 Å². The van der Waals surface area contributed by atoms with Crippen molar-refractivity contribution in [2.24, 2.45) is 0 Å². The maximum absolute atomic E-state index is 13.1. The van der Waals surface area contributed by atoms with E-state index in [1.165, 1.54) is 0 Å². The maximum Gasteiger partial charge on any atom is 0.321 e. The van der Waals surface area contributed by atoms with Crippen molar-refractivity contribution in [3.8, 4) is 17.0 Å². The number of pyridine rings is 1. The van der Waals surface area contributed by atoms with Gasteiger partial charge in [0.25, 0.3) is 0 Å².